The first-order chi connectivity index (χ1) is 10.2. The summed E-state index contributed by atoms with van der Waals surface area (Å²) in [6, 6.07) is 3.64. The van der Waals surface area contributed by atoms with E-state index in [1.165, 1.54) is 0 Å². The van der Waals surface area contributed by atoms with Crippen LogP contribution in [-0.2, 0) is 9.47 Å². The minimum absolute atomic E-state index is 0.0711. The van der Waals surface area contributed by atoms with Crippen molar-refractivity contribution in [3.63, 3.8) is 0 Å². The lowest BCUT2D eigenvalue weighted by atomic mass is 9.80. The van der Waals surface area contributed by atoms with Crippen molar-refractivity contribution < 1.29 is 23.3 Å². The molecule has 1 saturated heterocycles. The van der Waals surface area contributed by atoms with E-state index in [9.17, 15) is 4.39 Å². The third-order valence-electron chi connectivity index (χ3n) is 4.67. The lowest BCUT2D eigenvalue weighted by molar-refractivity contribution is -0.193. The van der Waals surface area contributed by atoms with Crippen LogP contribution in [0.25, 0.3) is 0 Å². The molecule has 4 rings (SSSR count). The average Bonchev–Trinajstić information content (AvgIpc) is 3.07. The molecule has 0 bridgehead atoms. The monoisotopic (exact) mass is 294 g/mol. The van der Waals surface area contributed by atoms with E-state index in [1.807, 2.05) is 13.0 Å². The Bertz CT molecular complexity index is 553. The fourth-order valence-electron chi connectivity index (χ4n) is 3.73. The van der Waals surface area contributed by atoms with Crippen molar-refractivity contribution in [1.82, 2.24) is 0 Å². The molecule has 2 atom stereocenters. The molecule has 1 spiro atoms. The van der Waals surface area contributed by atoms with Crippen LogP contribution in [-0.4, -0.2) is 31.7 Å². The highest BCUT2D eigenvalue weighted by atomic mass is 19.1. The molecule has 3 aliphatic rings. The van der Waals surface area contributed by atoms with E-state index in [2.05, 4.69) is 0 Å². The Morgan fingerprint density at radius 1 is 1.33 bits per heavy atom. The first kappa shape index (κ1) is 13.3. The van der Waals surface area contributed by atoms with Gasteiger partial charge in [-0.05, 0) is 19.4 Å². The Hall–Kier alpha value is -1.33. The predicted molar refractivity (Wildman–Crippen MR) is 73.2 cm³/mol. The van der Waals surface area contributed by atoms with Crippen LogP contribution >= 0.6 is 0 Å². The Labute approximate surface area is 123 Å². The Morgan fingerprint density at radius 3 is 2.90 bits per heavy atom. The highest BCUT2D eigenvalue weighted by Crippen LogP contribution is 2.52. The van der Waals surface area contributed by atoms with E-state index in [0.717, 1.165) is 18.4 Å². The summed E-state index contributed by atoms with van der Waals surface area (Å²) in [7, 11) is 0. The lowest BCUT2D eigenvalue weighted by Gasteiger charge is -2.37. The van der Waals surface area contributed by atoms with E-state index in [-0.39, 0.29) is 23.6 Å². The van der Waals surface area contributed by atoms with Crippen molar-refractivity contribution in [2.45, 2.75) is 44.0 Å². The van der Waals surface area contributed by atoms with E-state index in [1.54, 1.807) is 6.07 Å². The van der Waals surface area contributed by atoms with E-state index in [4.69, 9.17) is 18.9 Å². The van der Waals surface area contributed by atoms with Gasteiger partial charge >= 0.3 is 0 Å². The second kappa shape index (κ2) is 4.85. The van der Waals surface area contributed by atoms with Gasteiger partial charge in [0.1, 0.15) is 6.10 Å². The lowest BCUT2D eigenvalue weighted by Crippen LogP contribution is -2.42. The van der Waals surface area contributed by atoms with Gasteiger partial charge < -0.3 is 18.9 Å². The number of halogens is 1. The summed E-state index contributed by atoms with van der Waals surface area (Å²) in [5.74, 6) is -0.0544. The number of rotatable bonds is 2. The highest BCUT2D eigenvalue weighted by Gasteiger charge is 2.50. The molecule has 0 aromatic heterocycles. The highest BCUT2D eigenvalue weighted by molar-refractivity contribution is 5.48. The van der Waals surface area contributed by atoms with Crippen LogP contribution in [0.1, 0.15) is 37.7 Å². The van der Waals surface area contributed by atoms with Gasteiger partial charge in [0.05, 0.1) is 19.8 Å². The van der Waals surface area contributed by atoms with Gasteiger partial charge in [-0.25, -0.2) is 0 Å². The van der Waals surface area contributed by atoms with Crippen molar-refractivity contribution in [1.29, 1.82) is 0 Å². The molecular weight excluding hydrogens is 275 g/mol. The van der Waals surface area contributed by atoms with Crippen molar-refractivity contribution in [2.75, 3.05) is 19.8 Å². The Morgan fingerprint density at radius 2 is 2.14 bits per heavy atom. The molecule has 1 saturated carbocycles. The quantitative estimate of drug-likeness (QED) is 0.840. The zero-order valence-corrected chi connectivity index (χ0v) is 12.1. The van der Waals surface area contributed by atoms with Gasteiger partial charge in [-0.2, -0.15) is 4.39 Å². The fourth-order valence-corrected chi connectivity index (χ4v) is 3.73. The van der Waals surface area contributed by atoms with Crippen LogP contribution in [0.4, 0.5) is 4.39 Å². The zero-order valence-electron chi connectivity index (χ0n) is 12.1. The molecule has 0 N–H and O–H groups in total. The summed E-state index contributed by atoms with van der Waals surface area (Å²) in [6.07, 6.45) is 2.32. The average molecular weight is 294 g/mol. The zero-order chi connectivity index (χ0) is 14.4. The maximum Gasteiger partial charge on any atom is 0.207 e. The summed E-state index contributed by atoms with van der Waals surface area (Å²) >= 11 is 0. The first-order valence-corrected chi connectivity index (χ1v) is 7.62. The van der Waals surface area contributed by atoms with E-state index < -0.39 is 5.79 Å². The summed E-state index contributed by atoms with van der Waals surface area (Å²) in [4.78, 5) is 0. The molecule has 114 valence electrons. The van der Waals surface area contributed by atoms with E-state index >= 15 is 0 Å². The number of hydrogen-bond donors (Lipinski definition) is 0. The molecule has 0 radical (unpaired) electrons. The van der Waals surface area contributed by atoms with Crippen LogP contribution in [0.15, 0.2) is 12.1 Å². The molecule has 1 aromatic carbocycles. The number of hydrogen-bond acceptors (Lipinski definition) is 4. The molecule has 2 heterocycles. The summed E-state index contributed by atoms with van der Waals surface area (Å²) < 4.78 is 37.2. The first-order valence-electron chi connectivity index (χ1n) is 7.62. The second-order valence-electron chi connectivity index (χ2n) is 5.84. The van der Waals surface area contributed by atoms with Gasteiger partial charge in [0.25, 0.3) is 0 Å². The molecule has 4 nitrogen and oxygen atoms in total. The van der Waals surface area contributed by atoms with Gasteiger partial charge in [0.15, 0.2) is 17.3 Å². The minimum atomic E-state index is -0.511. The Kier molecular flexibility index (Phi) is 3.08. The van der Waals surface area contributed by atoms with Crippen LogP contribution in [0, 0.1) is 5.82 Å². The molecule has 2 fully saturated rings. The van der Waals surface area contributed by atoms with E-state index in [0.29, 0.717) is 32.0 Å². The maximum atomic E-state index is 14.5. The van der Waals surface area contributed by atoms with Crippen LogP contribution in [0.5, 0.6) is 11.5 Å². The third kappa shape index (κ3) is 2.02. The topological polar surface area (TPSA) is 36.9 Å². The van der Waals surface area contributed by atoms with Gasteiger partial charge in [0, 0.05) is 24.3 Å². The summed E-state index contributed by atoms with van der Waals surface area (Å²) in [5.41, 5.74) is 0.953. The molecule has 2 aliphatic heterocycles. The second-order valence-corrected chi connectivity index (χ2v) is 5.84. The van der Waals surface area contributed by atoms with Crippen molar-refractivity contribution in [3.05, 3.63) is 23.5 Å². The summed E-state index contributed by atoms with van der Waals surface area (Å²) in [5, 5.41) is 0. The molecule has 1 unspecified atom stereocenters. The third-order valence-corrected chi connectivity index (χ3v) is 4.67. The molecule has 1 aromatic rings. The standard InChI is InChI=1S/C16H19FO4/c1-2-18-12-4-3-11-10-5-6-16(19-7-8-20-16)9-13(10)21-15(11)14(12)17/h3-4,10,13H,2,5-9H2,1H3/t10-,13?/m0/s1. The van der Waals surface area contributed by atoms with Crippen LogP contribution in [0.3, 0.4) is 0 Å². The SMILES string of the molecule is CCOc1ccc2c(c1F)OC1CC3(CC[C@@H]21)OCCO3. The molecule has 0 amide bonds. The van der Waals surface area contributed by atoms with Crippen molar-refractivity contribution in [3.8, 4) is 11.5 Å². The number of ether oxygens (including phenoxy) is 4. The normalized spacial score (nSPS) is 29.0. The molecule has 21 heavy (non-hydrogen) atoms. The van der Waals surface area contributed by atoms with Crippen molar-refractivity contribution >= 4 is 0 Å². The molecule has 1 aliphatic carbocycles. The summed E-state index contributed by atoms with van der Waals surface area (Å²) in [6.45, 7) is 3.54. The number of fused-ring (bicyclic) bond motifs is 3. The maximum absolute atomic E-state index is 14.5. The van der Waals surface area contributed by atoms with Crippen LogP contribution < -0.4 is 9.47 Å². The largest absolute Gasteiger partial charge is 0.491 e. The fraction of sp³-hybridized carbons (Fsp3) is 0.625. The van der Waals surface area contributed by atoms with Crippen LogP contribution in [0.2, 0.25) is 0 Å². The molecule has 5 heteroatoms. The van der Waals surface area contributed by atoms with Gasteiger partial charge in [0.2, 0.25) is 5.82 Å². The van der Waals surface area contributed by atoms with Gasteiger partial charge in [-0.3, -0.25) is 0 Å². The minimum Gasteiger partial charge on any atom is -0.491 e. The van der Waals surface area contributed by atoms with Gasteiger partial charge in [-0.1, -0.05) is 6.07 Å². The molecular formula is C16H19FO4. The number of benzene rings is 1. The predicted octanol–water partition coefficient (Wildman–Crippen LogP) is 3.00. The Balaban J connectivity index is 1.62. The smallest absolute Gasteiger partial charge is 0.207 e. The van der Waals surface area contributed by atoms with Crippen molar-refractivity contribution in [2.24, 2.45) is 0 Å². The van der Waals surface area contributed by atoms with Gasteiger partial charge in [-0.15, -0.1) is 0 Å².